The molecule has 6 nitrogen and oxygen atoms in total. The Morgan fingerprint density at radius 1 is 1.44 bits per heavy atom. The first-order chi connectivity index (χ1) is 12.7. The van der Waals surface area contributed by atoms with E-state index in [0.717, 1.165) is 11.8 Å². The Kier molecular flexibility index (Phi) is 6.44. The molecular formula is C18H20FN3O3S2. The molecular weight excluding hydrogens is 389 g/mol. The van der Waals surface area contributed by atoms with E-state index in [1.54, 1.807) is 25.0 Å². The van der Waals surface area contributed by atoms with Gasteiger partial charge in [-0.2, -0.15) is 5.26 Å². The summed E-state index contributed by atoms with van der Waals surface area (Å²) in [4.78, 5) is 27.3. The zero-order chi connectivity index (χ0) is 20.4. The van der Waals surface area contributed by atoms with E-state index in [1.807, 2.05) is 6.07 Å². The van der Waals surface area contributed by atoms with Gasteiger partial charge in [0.1, 0.15) is 11.6 Å². The van der Waals surface area contributed by atoms with Crippen LogP contribution in [0.1, 0.15) is 32.3 Å². The molecule has 0 saturated carbocycles. The lowest BCUT2D eigenvalue weighted by Gasteiger charge is -2.29. The van der Waals surface area contributed by atoms with Crippen LogP contribution >= 0.6 is 24.0 Å². The molecule has 27 heavy (non-hydrogen) atoms. The minimum atomic E-state index is -0.979. The molecule has 1 aromatic carbocycles. The highest BCUT2D eigenvalue weighted by Gasteiger charge is 2.50. The SMILES string of the molecule is COC(=O)CCCN1C(=S)N(c2ccc(C#N)c(SC)c2F)C(=O)C1(C)C. The fourth-order valence-electron chi connectivity index (χ4n) is 2.91. The summed E-state index contributed by atoms with van der Waals surface area (Å²) in [7, 11) is 1.31. The average Bonchev–Trinajstić information content (AvgIpc) is 2.80. The zero-order valence-electron chi connectivity index (χ0n) is 15.5. The topological polar surface area (TPSA) is 73.6 Å². The molecule has 1 aromatic rings. The molecule has 0 unspecified atom stereocenters. The summed E-state index contributed by atoms with van der Waals surface area (Å²) in [5.74, 6) is -1.35. The predicted octanol–water partition coefficient (Wildman–Crippen LogP) is 3.08. The number of carbonyl (C=O) groups is 2. The van der Waals surface area contributed by atoms with Crippen molar-refractivity contribution in [3.63, 3.8) is 0 Å². The maximum absolute atomic E-state index is 15.0. The number of carbonyl (C=O) groups excluding carboxylic acids is 2. The number of nitriles is 1. The highest BCUT2D eigenvalue weighted by atomic mass is 32.2. The molecule has 0 N–H and O–H groups in total. The molecule has 1 amide bonds. The van der Waals surface area contributed by atoms with Gasteiger partial charge in [0.2, 0.25) is 0 Å². The van der Waals surface area contributed by atoms with Crippen LogP contribution in [0.2, 0.25) is 0 Å². The van der Waals surface area contributed by atoms with Crippen LogP contribution in [0.4, 0.5) is 10.1 Å². The Bertz CT molecular complexity index is 836. The predicted molar refractivity (Wildman–Crippen MR) is 105 cm³/mol. The number of halogens is 1. The molecule has 1 saturated heterocycles. The van der Waals surface area contributed by atoms with E-state index in [-0.39, 0.29) is 39.6 Å². The van der Waals surface area contributed by atoms with Gasteiger partial charge in [-0.3, -0.25) is 14.5 Å². The fourth-order valence-corrected chi connectivity index (χ4v) is 4.03. The molecule has 0 aliphatic carbocycles. The van der Waals surface area contributed by atoms with Crippen molar-refractivity contribution in [2.75, 3.05) is 24.8 Å². The number of thiocarbonyl (C=S) groups is 1. The normalized spacial score (nSPS) is 15.9. The van der Waals surface area contributed by atoms with E-state index >= 15 is 0 Å². The second kappa shape index (κ2) is 8.23. The molecule has 0 atom stereocenters. The molecule has 2 rings (SSSR count). The third kappa shape index (κ3) is 3.77. The first-order valence-electron chi connectivity index (χ1n) is 8.20. The molecule has 0 bridgehead atoms. The van der Waals surface area contributed by atoms with E-state index < -0.39 is 11.4 Å². The second-order valence-electron chi connectivity index (χ2n) is 6.40. The summed E-state index contributed by atoms with van der Waals surface area (Å²) in [6.07, 6.45) is 2.31. The van der Waals surface area contributed by atoms with Gasteiger partial charge < -0.3 is 9.64 Å². The van der Waals surface area contributed by atoms with Crippen LogP contribution in [0.25, 0.3) is 0 Å². The minimum absolute atomic E-state index is 0.0249. The van der Waals surface area contributed by atoms with Gasteiger partial charge in [-0.25, -0.2) is 4.39 Å². The first kappa shape index (κ1) is 21.1. The molecule has 1 aliphatic heterocycles. The van der Waals surface area contributed by atoms with Crippen molar-refractivity contribution >= 4 is 46.7 Å². The van der Waals surface area contributed by atoms with Crippen LogP contribution in [0.15, 0.2) is 17.0 Å². The van der Waals surface area contributed by atoms with Crippen LogP contribution in [-0.2, 0) is 14.3 Å². The number of ether oxygens (including phenoxy) is 1. The molecule has 9 heteroatoms. The Morgan fingerprint density at radius 2 is 2.11 bits per heavy atom. The van der Waals surface area contributed by atoms with E-state index in [2.05, 4.69) is 4.74 Å². The number of hydrogen-bond acceptors (Lipinski definition) is 6. The maximum atomic E-state index is 15.0. The summed E-state index contributed by atoms with van der Waals surface area (Å²) in [6.45, 7) is 3.77. The Balaban J connectivity index is 2.37. The average molecular weight is 410 g/mol. The van der Waals surface area contributed by atoms with Crippen LogP contribution in [0, 0.1) is 17.1 Å². The van der Waals surface area contributed by atoms with Gasteiger partial charge >= 0.3 is 5.97 Å². The molecule has 1 aliphatic rings. The third-order valence-corrected chi connectivity index (χ3v) is 5.67. The minimum Gasteiger partial charge on any atom is -0.469 e. The van der Waals surface area contributed by atoms with Crippen molar-refractivity contribution in [3.05, 3.63) is 23.5 Å². The number of amides is 1. The smallest absolute Gasteiger partial charge is 0.305 e. The first-order valence-corrected chi connectivity index (χ1v) is 9.83. The van der Waals surface area contributed by atoms with Crippen molar-refractivity contribution in [3.8, 4) is 6.07 Å². The van der Waals surface area contributed by atoms with Crippen LogP contribution < -0.4 is 4.90 Å². The van der Waals surface area contributed by atoms with E-state index in [4.69, 9.17) is 17.5 Å². The van der Waals surface area contributed by atoms with Crippen molar-refractivity contribution in [2.45, 2.75) is 37.1 Å². The van der Waals surface area contributed by atoms with Crippen molar-refractivity contribution in [1.29, 1.82) is 5.26 Å². The van der Waals surface area contributed by atoms with Gasteiger partial charge in [0.15, 0.2) is 10.9 Å². The zero-order valence-corrected chi connectivity index (χ0v) is 17.2. The highest BCUT2D eigenvalue weighted by Crippen LogP contribution is 2.37. The van der Waals surface area contributed by atoms with E-state index in [9.17, 15) is 14.0 Å². The standard InChI is InChI=1S/C18H20FN3O3S2/c1-18(2)16(24)22(17(26)21(18)9-5-6-13(23)25-3)12-8-7-11(10-20)15(27-4)14(12)19/h7-8H,5-6,9H2,1-4H3. The number of thioether (sulfide) groups is 1. The quantitative estimate of drug-likeness (QED) is 0.406. The Hall–Kier alpha value is -2.18. The molecule has 0 radical (unpaired) electrons. The number of anilines is 1. The fraction of sp³-hybridized carbons (Fsp3) is 0.444. The lowest BCUT2D eigenvalue weighted by atomic mass is 10.0. The lowest BCUT2D eigenvalue weighted by Crippen LogP contribution is -2.44. The number of nitrogens with zero attached hydrogens (tertiary/aromatic N) is 3. The summed E-state index contributed by atoms with van der Waals surface area (Å²) in [5, 5.41) is 9.31. The van der Waals surface area contributed by atoms with Gasteiger partial charge in [0.05, 0.1) is 23.3 Å². The monoisotopic (exact) mass is 409 g/mol. The van der Waals surface area contributed by atoms with Gasteiger partial charge in [0.25, 0.3) is 5.91 Å². The molecule has 1 fully saturated rings. The van der Waals surface area contributed by atoms with Gasteiger partial charge in [0, 0.05) is 13.0 Å². The van der Waals surface area contributed by atoms with Gasteiger partial charge in [-0.05, 0) is 50.9 Å². The number of esters is 1. The Labute approximate surface area is 167 Å². The van der Waals surface area contributed by atoms with Gasteiger partial charge in [-0.15, -0.1) is 11.8 Å². The lowest BCUT2D eigenvalue weighted by molar-refractivity contribution is -0.140. The van der Waals surface area contributed by atoms with E-state index in [1.165, 1.54) is 24.1 Å². The Morgan fingerprint density at radius 3 is 2.67 bits per heavy atom. The summed E-state index contributed by atoms with van der Waals surface area (Å²) < 4.78 is 19.6. The number of benzene rings is 1. The van der Waals surface area contributed by atoms with Crippen molar-refractivity contribution < 1.29 is 18.7 Å². The molecule has 1 heterocycles. The second-order valence-corrected chi connectivity index (χ2v) is 7.59. The summed E-state index contributed by atoms with van der Waals surface area (Å²) in [5.41, 5.74) is -0.750. The van der Waals surface area contributed by atoms with Crippen LogP contribution in [-0.4, -0.2) is 47.3 Å². The largest absolute Gasteiger partial charge is 0.469 e. The number of rotatable bonds is 6. The third-order valence-electron chi connectivity index (χ3n) is 4.46. The highest BCUT2D eigenvalue weighted by molar-refractivity contribution is 7.98. The number of methoxy groups -OCH3 is 1. The van der Waals surface area contributed by atoms with Crippen molar-refractivity contribution in [1.82, 2.24) is 4.90 Å². The molecule has 144 valence electrons. The molecule has 0 spiro atoms. The van der Waals surface area contributed by atoms with Crippen LogP contribution in [0.5, 0.6) is 0 Å². The van der Waals surface area contributed by atoms with Crippen LogP contribution in [0.3, 0.4) is 0 Å². The maximum Gasteiger partial charge on any atom is 0.305 e. The number of hydrogen-bond donors (Lipinski definition) is 0. The summed E-state index contributed by atoms with van der Waals surface area (Å²) >= 11 is 6.55. The van der Waals surface area contributed by atoms with Gasteiger partial charge in [-0.1, -0.05) is 0 Å². The van der Waals surface area contributed by atoms with E-state index in [0.29, 0.717) is 13.0 Å². The molecule has 0 aromatic heterocycles. The summed E-state index contributed by atoms with van der Waals surface area (Å²) in [6, 6.07) is 4.82. The van der Waals surface area contributed by atoms with Crippen molar-refractivity contribution in [2.24, 2.45) is 0 Å².